The van der Waals surface area contributed by atoms with E-state index in [-0.39, 0.29) is 0 Å². The summed E-state index contributed by atoms with van der Waals surface area (Å²) in [4.78, 5) is 0.332. The normalized spacial score (nSPS) is 14.2. The summed E-state index contributed by atoms with van der Waals surface area (Å²) in [5, 5.41) is 1.53. The molecule has 0 amide bonds. The Morgan fingerprint density at radius 3 is 2.52 bits per heavy atom. The Morgan fingerprint density at radius 1 is 0.963 bits per heavy atom. The first-order valence-corrected chi connectivity index (χ1v) is 10.8. The monoisotopic (exact) mass is 381 g/mol. The summed E-state index contributed by atoms with van der Waals surface area (Å²) in [6.07, 6.45) is 2.64. The SMILES string of the molecule is CCCOc1ccc(S(=O)(=O)N2CCCc3ccccc32)c2ccccc12. The van der Waals surface area contributed by atoms with E-state index in [4.69, 9.17) is 4.74 Å². The number of para-hydroxylation sites is 1. The van der Waals surface area contributed by atoms with E-state index < -0.39 is 10.0 Å². The van der Waals surface area contributed by atoms with Gasteiger partial charge in [-0.15, -0.1) is 0 Å². The quantitative estimate of drug-likeness (QED) is 0.639. The van der Waals surface area contributed by atoms with Gasteiger partial charge in [-0.25, -0.2) is 8.42 Å². The van der Waals surface area contributed by atoms with Crippen molar-refractivity contribution in [2.75, 3.05) is 17.5 Å². The zero-order valence-electron chi connectivity index (χ0n) is 15.4. The number of sulfonamides is 1. The molecule has 3 aromatic rings. The van der Waals surface area contributed by atoms with Crippen LogP contribution in [0.25, 0.3) is 10.8 Å². The molecule has 0 radical (unpaired) electrons. The van der Waals surface area contributed by atoms with Gasteiger partial charge in [0, 0.05) is 17.3 Å². The minimum absolute atomic E-state index is 0.332. The predicted octanol–water partition coefficient (Wildman–Crippen LogP) is 4.77. The Bertz CT molecular complexity index is 1080. The van der Waals surface area contributed by atoms with E-state index in [0.29, 0.717) is 23.4 Å². The molecule has 0 saturated carbocycles. The third-order valence-corrected chi connectivity index (χ3v) is 6.81. The van der Waals surface area contributed by atoms with Crippen LogP contribution in [-0.4, -0.2) is 21.6 Å². The standard InChI is InChI=1S/C22H23NO3S/c1-2-16-26-21-13-14-22(19-11-5-4-10-18(19)21)27(24,25)23-15-7-9-17-8-3-6-12-20(17)23/h3-6,8,10-14H,2,7,9,15-16H2,1H3. The van der Waals surface area contributed by atoms with Gasteiger partial charge in [0.2, 0.25) is 0 Å². The first-order valence-electron chi connectivity index (χ1n) is 9.38. The van der Waals surface area contributed by atoms with E-state index in [1.54, 1.807) is 16.4 Å². The van der Waals surface area contributed by atoms with Gasteiger partial charge in [0.25, 0.3) is 10.0 Å². The third-order valence-electron chi connectivity index (χ3n) is 4.94. The van der Waals surface area contributed by atoms with Crippen LogP contribution in [0.3, 0.4) is 0 Å². The molecule has 0 spiro atoms. The molecular formula is C22H23NO3S. The third kappa shape index (κ3) is 3.16. The van der Waals surface area contributed by atoms with Crippen molar-refractivity contribution in [3.8, 4) is 5.75 Å². The molecular weight excluding hydrogens is 358 g/mol. The molecule has 1 aliphatic rings. The van der Waals surface area contributed by atoms with Crippen LogP contribution in [0.4, 0.5) is 5.69 Å². The topological polar surface area (TPSA) is 46.6 Å². The minimum Gasteiger partial charge on any atom is -0.493 e. The molecule has 0 saturated heterocycles. The Balaban J connectivity index is 1.85. The van der Waals surface area contributed by atoms with Crippen molar-refractivity contribution in [3.63, 3.8) is 0 Å². The fourth-order valence-electron chi connectivity index (χ4n) is 3.67. The van der Waals surface area contributed by atoms with Crippen LogP contribution in [0.15, 0.2) is 65.6 Å². The van der Waals surface area contributed by atoms with Gasteiger partial charge in [0.1, 0.15) is 5.75 Å². The molecule has 0 unspecified atom stereocenters. The zero-order chi connectivity index (χ0) is 18.9. The van der Waals surface area contributed by atoms with Crippen molar-refractivity contribution < 1.29 is 13.2 Å². The lowest BCUT2D eigenvalue weighted by Crippen LogP contribution is -2.35. The van der Waals surface area contributed by atoms with Gasteiger partial charge in [-0.3, -0.25) is 4.31 Å². The van der Waals surface area contributed by atoms with Crippen LogP contribution in [0.2, 0.25) is 0 Å². The number of rotatable bonds is 5. The summed E-state index contributed by atoms with van der Waals surface area (Å²) >= 11 is 0. The first kappa shape index (κ1) is 17.9. The summed E-state index contributed by atoms with van der Waals surface area (Å²) in [5.74, 6) is 0.727. The van der Waals surface area contributed by atoms with Crippen molar-refractivity contribution >= 4 is 26.5 Å². The first-order chi connectivity index (χ1) is 13.1. The smallest absolute Gasteiger partial charge is 0.264 e. The number of hydrogen-bond donors (Lipinski definition) is 0. The molecule has 1 aliphatic heterocycles. The maximum atomic E-state index is 13.6. The van der Waals surface area contributed by atoms with E-state index in [0.717, 1.165) is 41.6 Å². The fraction of sp³-hybridized carbons (Fsp3) is 0.273. The van der Waals surface area contributed by atoms with Crippen LogP contribution >= 0.6 is 0 Å². The van der Waals surface area contributed by atoms with Crippen molar-refractivity contribution in [2.24, 2.45) is 0 Å². The van der Waals surface area contributed by atoms with Gasteiger partial charge in [-0.2, -0.15) is 0 Å². The Labute approximate surface area is 160 Å². The highest BCUT2D eigenvalue weighted by molar-refractivity contribution is 7.93. The van der Waals surface area contributed by atoms with Crippen LogP contribution in [0.1, 0.15) is 25.3 Å². The fourth-order valence-corrected chi connectivity index (χ4v) is 5.41. The molecule has 4 rings (SSSR count). The molecule has 140 valence electrons. The van der Waals surface area contributed by atoms with Crippen LogP contribution in [-0.2, 0) is 16.4 Å². The Morgan fingerprint density at radius 2 is 1.70 bits per heavy atom. The van der Waals surface area contributed by atoms with Crippen molar-refractivity contribution in [1.82, 2.24) is 0 Å². The number of hydrogen-bond acceptors (Lipinski definition) is 3. The zero-order valence-corrected chi connectivity index (χ0v) is 16.2. The maximum absolute atomic E-state index is 13.6. The lowest BCUT2D eigenvalue weighted by molar-refractivity contribution is 0.321. The number of aryl methyl sites for hydroxylation is 1. The van der Waals surface area contributed by atoms with Gasteiger partial charge < -0.3 is 4.74 Å². The van der Waals surface area contributed by atoms with Crippen LogP contribution < -0.4 is 9.04 Å². The molecule has 5 heteroatoms. The van der Waals surface area contributed by atoms with Crippen molar-refractivity contribution in [2.45, 2.75) is 31.1 Å². The highest BCUT2D eigenvalue weighted by Crippen LogP contribution is 2.36. The molecule has 27 heavy (non-hydrogen) atoms. The Hall–Kier alpha value is -2.53. The van der Waals surface area contributed by atoms with E-state index in [9.17, 15) is 8.42 Å². The lowest BCUT2D eigenvalue weighted by atomic mass is 10.0. The molecule has 4 nitrogen and oxygen atoms in total. The number of fused-ring (bicyclic) bond motifs is 2. The maximum Gasteiger partial charge on any atom is 0.264 e. The van der Waals surface area contributed by atoms with Gasteiger partial charge >= 0.3 is 0 Å². The average Bonchev–Trinajstić information content (AvgIpc) is 2.71. The predicted molar refractivity (Wildman–Crippen MR) is 109 cm³/mol. The highest BCUT2D eigenvalue weighted by atomic mass is 32.2. The summed E-state index contributed by atoms with van der Waals surface area (Å²) in [7, 11) is -3.66. The van der Waals surface area contributed by atoms with Crippen LogP contribution in [0.5, 0.6) is 5.75 Å². The molecule has 0 fully saturated rings. The summed E-state index contributed by atoms with van der Waals surface area (Å²) in [5.41, 5.74) is 1.87. The number of nitrogens with zero attached hydrogens (tertiary/aromatic N) is 1. The Kier molecular flexibility index (Phi) is 4.79. The lowest BCUT2D eigenvalue weighted by Gasteiger charge is -2.31. The molecule has 0 aromatic heterocycles. The average molecular weight is 381 g/mol. The van der Waals surface area contributed by atoms with Crippen LogP contribution in [0, 0.1) is 0 Å². The second-order valence-corrected chi connectivity index (χ2v) is 8.60. The molecule has 0 atom stereocenters. The van der Waals surface area contributed by atoms with E-state index >= 15 is 0 Å². The van der Waals surface area contributed by atoms with Gasteiger partial charge in [0.15, 0.2) is 0 Å². The number of benzene rings is 3. The summed E-state index contributed by atoms with van der Waals surface area (Å²) in [6, 6.07) is 18.8. The van der Waals surface area contributed by atoms with Crippen molar-refractivity contribution in [3.05, 3.63) is 66.2 Å². The van der Waals surface area contributed by atoms with E-state index in [2.05, 4.69) is 6.92 Å². The summed E-state index contributed by atoms with van der Waals surface area (Å²) in [6.45, 7) is 3.16. The van der Waals surface area contributed by atoms with Gasteiger partial charge in [-0.1, -0.05) is 49.4 Å². The number of ether oxygens (including phenoxy) is 1. The van der Waals surface area contributed by atoms with E-state index in [1.807, 2.05) is 48.5 Å². The minimum atomic E-state index is -3.66. The molecule has 0 bridgehead atoms. The van der Waals surface area contributed by atoms with Crippen molar-refractivity contribution in [1.29, 1.82) is 0 Å². The highest BCUT2D eigenvalue weighted by Gasteiger charge is 2.30. The second kappa shape index (κ2) is 7.24. The largest absolute Gasteiger partial charge is 0.493 e. The molecule has 0 aliphatic carbocycles. The molecule has 1 heterocycles. The molecule has 0 N–H and O–H groups in total. The van der Waals surface area contributed by atoms with Gasteiger partial charge in [-0.05, 0) is 43.0 Å². The second-order valence-electron chi connectivity index (χ2n) is 6.77. The van der Waals surface area contributed by atoms with Gasteiger partial charge in [0.05, 0.1) is 17.2 Å². The number of anilines is 1. The summed E-state index contributed by atoms with van der Waals surface area (Å²) < 4.78 is 34.5. The molecule has 3 aromatic carbocycles. The van der Waals surface area contributed by atoms with E-state index in [1.165, 1.54) is 0 Å².